The molecule has 0 unspecified atom stereocenters. The third-order valence-electron chi connectivity index (χ3n) is 0. The Morgan fingerprint density at radius 2 is 1.25 bits per heavy atom. The molecule has 1 heteroatoms. The van der Waals surface area contributed by atoms with E-state index >= 15 is 0 Å². The first-order valence-electron chi connectivity index (χ1n) is 1.73. The smallest absolute Gasteiger partial charge is 1.00 e. The van der Waals surface area contributed by atoms with Crippen LogP contribution in [0.4, 0.5) is 0 Å². The number of hydrogen-bond acceptors (Lipinski definition) is 0. The van der Waals surface area contributed by atoms with Gasteiger partial charge in [0.15, 0.2) is 0 Å². The Labute approximate surface area is 33.8 Å². The van der Waals surface area contributed by atoms with Gasteiger partial charge in [-0.2, -0.15) is 0 Å². The van der Waals surface area contributed by atoms with Crippen LogP contribution >= 0.6 is 0 Å². The molecule has 0 aromatic heterocycles. The predicted octanol–water partition coefficient (Wildman–Crippen LogP) is 1.22. The molecule has 0 aromatic carbocycles. The summed E-state index contributed by atoms with van der Waals surface area (Å²) in [4.78, 5) is 0. The number of hydrogen-bond donors (Lipinski definition) is 0. The minimum absolute atomic E-state index is 0. The first-order chi connectivity index (χ1) is 1.73. The molecule has 0 aromatic rings. The molecule has 0 aliphatic carbocycles. The second kappa shape index (κ2) is 1.83. The molecule has 0 saturated carbocycles. The Morgan fingerprint density at radius 1 is 1.25 bits per heavy atom. The second-order valence-corrected chi connectivity index (χ2v) is 9.00. The van der Waals surface area contributed by atoms with E-state index in [1.165, 1.54) is 0 Å². The van der Waals surface area contributed by atoms with Crippen LogP contribution < -0.4 is 0 Å². The molecule has 0 bridgehead atoms. The van der Waals surface area contributed by atoms with Gasteiger partial charge in [0.2, 0.25) is 0 Å². The summed E-state index contributed by atoms with van der Waals surface area (Å²) in [7, 11) is 0. The minimum Gasteiger partial charge on any atom is -1.00 e. The van der Waals surface area contributed by atoms with E-state index in [1.807, 2.05) is 0 Å². The molecule has 0 spiro atoms. The molecule has 0 rings (SSSR count). The van der Waals surface area contributed by atoms with Gasteiger partial charge in [-0.15, -0.1) is 0 Å². The van der Waals surface area contributed by atoms with Crippen LogP contribution in [0.15, 0.2) is 0 Å². The van der Waals surface area contributed by atoms with Crippen molar-refractivity contribution >= 4 is 14.3 Å². The van der Waals surface area contributed by atoms with Crippen molar-refractivity contribution in [2.24, 2.45) is 0 Å². The Morgan fingerprint density at radius 3 is 1.25 bits per heavy atom. The first-order valence-corrected chi connectivity index (χ1v) is 9.00. The predicted molar refractivity (Wildman–Crippen MR) is 25.9 cm³/mol. The molecular weight excluding hydrogens is 109 g/mol. The molecule has 0 aliphatic rings. The monoisotopic (exact) mass is 121 g/mol. The van der Waals surface area contributed by atoms with Gasteiger partial charge in [-0.05, 0) is 0 Å². The summed E-state index contributed by atoms with van der Waals surface area (Å²) >= 11 is -0.479. The van der Waals surface area contributed by atoms with Gasteiger partial charge in [-0.3, -0.25) is 0 Å². The standard InChI is InChI=1S/C3H10Ge.H/c1-4(2)3;/h4H,1-3H3;/q;-1. The Hall–Kier alpha value is 0.543. The number of rotatable bonds is 0. The van der Waals surface area contributed by atoms with E-state index in [4.69, 9.17) is 0 Å². The fourth-order valence-electron chi connectivity index (χ4n) is 0. The van der Waals surface area contributed by atoms with Gasteiger partial charge in [0.1, 0.15) is 0 Å². The van der Waals surface area contributed by atoms with Crippen LogP contribution in [0.3, 0.4) is 0 Å². The maximum absolute atomic E-state index is 2.35. The van der Waals surface area contributed by atoms with Gasteiger partial charge in [0, 0.05) is 0 Å². The van der Waals surface area contributed by atoms with Crippen molar-refractivity contribution < 1.29 is 1.43 Å². The fraction of sp³-hybridized carbons (Fsp3) is 1.00. The van der Waals surface area contributed by atoms with Crippen LogP contribution in [-0.2, 0) is 0 Å². The van der Waals surface area contributed by atoms with Gasteiger partial charge in [0.05, 0.1) is 0 Å². The van der Waals surface area contributed by atoms with Crippen molar-refractivity contribution in [2.45, 2.75) is 17.3 Å². The van der Waals surface area contributed by atoms with E-state index in [0.717, 1.165) is 0 Å². The largest absolute Gasteiger partial charge is 1.00 e. The van der Waals surface area contributed by atoms with Crippen LogP contribution in [0.25, 0.3) is 0 Å². The summed E-state index contributed by atoms with van der Waals surface area (Å²) in [5.74, 6) is 7.06. The van der Waals surface area contributed by atoms with Crippen LogP contribution in [0.2, 0.25) is 17.3 Å². The summed E-state index contributed by atoms with van der Waals surface area (Å²) < 4.78 is 0. The normalized spacial score (nSPS) is 9.00. The van der Waals surface area contributed by atoms with Crippen LogP contribution in [0.1, 0.15) is 1.43 Å². The Kier molecular flexibility index (Phi) is 2.07. The van der Waals surface area contributed by atoms with E-state index in [-0.39, 0.29) is 1.43 Å². The molecule has 0 fully saturated rings. The summed E-state index contributed by atoms with van der Waals surface area (Å²) in [6, 6.07) is 0. The molecule has 0 amide bonds. The quantitative estimate of drug-likeness (QED) is 0.421. The molecule has 28 valence electrons. The zero-order chi connectivity index (χ0) is 3.58. The molecule has 0 atom stereocenters. The summed E-state index contributed by atoms with van der Waals surface area (Å²) in [6.07, 6.45) is 0. The van der Waals surface area contributed by atoms with E-state index in [0.29, 0.717) is 0 Å². The van der Waals surface area contributed by atoms with E-state index in [2.05, 4.69) is 17.3 Å². The molecule has 0 saturated heterocycles. The molecule has 0 N–H and O–H groups in total. The van der Waals surface area contributed by atoms with Crippen LogP contribution in [0.5, 0.6) is 0 Å². The average Bonchev–Trinajstić information content (AvgIpc) is 0.811. The average molecular weight is 120 g/mol. The van der Waals surface area contributed by atoms with Gasteiger partial charge < -0.3 is 1.43 Å². The molecular formula is C3H11Ge-. The van der Waals surface area contributed by atoms with Gasteiger partial charge >= 0.3 is 31.6 Å². The van der Waals surface area contributed by atoms with Crippen molar-refractivity contribution in [1.29, 1.82) is 0 Å². The van der Waals surface area contributed by atoms with Gasteiger partial charge in [-0.1, -0.05) is 0 Å². The van der Waals surface area contributed by atoms with Crippen molar-refractivity contribution in [3.8, 4) is 0 Å². The topological polar surface area (TPSA) is 0 Å². The second-order valence-electron chi connectivity index (χ2n) is 1.73. The van der Waals surface area contributed by atoms with Crippen LogP contribution in [0, 0.1) is 0 Å². The molecule has 0 radical (unpaired) electrons. The summed E-state index contributed by atoms with van der Waals surface area (Å²) in [6.45, 7) is 0. The van der Waals surface area contributed by atoms with E-state index in [9.17, 15) is 0 Å². The van der Waals surface area contributed by atoms with Gasteiger partial charge in [0.25, 0.3) is 0 Å². The maximum atomic E-state index is 2.35. The van der Waals surface area contributed by atoms with Gasteiger partial charge in [-0.25, -0.2) is 0 Å². The minimum atomic E-state index is -0.479. The Bertz CT molecular complexity index is 11.6. The third kappa shape index (κ3) is 20.5. The van der Waals surface area contributed by atoms with Crippen LogP contribution in [-0.4, -0.2) is 14.3 Å². The molecule has 0 nitrogen and oxygen atoms in total. The SMILES string of the molecule is [CH3][GeH]([CH3])[CH3].[H-]. The van der Waals surface area contributed by atoms with Crippen molar-refractivity contribution in [2.75, 3.05) is 0 Å². The van der Waals surface area contributed by atoms with Crippen molar-refractivity contribution in [3.05, 3.63) is 0 Å². The zero-order valence-electron chi connectivity index (χ0n) is 4.58. The summed E-state index contributed by atoms with van der Waals surface area (Å²) in [5, 5.41) is 0. The van der Waals surface area contributed by atoms with E-state index < -0.39 is 14.3 Å². The third-order valence-corrected chi connectivity index (χ3v) is 0. The first kappa shape index (κ1) is 4.54. The zero-order valence-corrected chi connectivity index (χ0v) is 6.00. The molecule has 4 heavy (non-hydrogen) atoms. The van der Waals surface area contributed by atoms with Crippen molar-refractivity contribution in [1.82, 2.24) is 0 Å². The van der Waals surface area contributed by atoms with E-state index in [1.54, 1.807) is 0 Å². The molecule has 0 aliphatic heterocycles. The molecule has 0 heterocycles. The summed E-state index contributed by atoms with van der Waals surface area (Å²) in [5.41, 5.74) is 0. The Balaban J connectivity index is 0. The maximum Gasteiger partial charge on any atom is -1.00 e. The fourth-order valence-corrected chi connectivity index (χ4v) is 0. The van der Waals surface area contributed by atoms with Crippen molar-refractivity contribution in [3.63, 3.8) is 0 Å².